The lowest BCUT2D eigenvalue weighted by Crippen LogP contribution is -2.29. The van der Waals surface area contributed by atoms with Gasteiger partial charge in [0.25, 0.3) is 0 Å². The molecule has 1 fully saturated rings. The van der Waals surface area contributed by atoms with Gasteiger partial charge in [-0.1, -0.05) is 22.0 Å². The zero-order valence-electron chi connectivity index (χ0n) is 9.56. The number of rotatable bonds is 1. The summed E-state index contributed by atoms with van der Waals surface area (Å²) in [6, 6.07) is 6.22. The molecule has 3 rings (SSSR count). The first-order valence-electron chi connectivity index (χ1n) is 6.05. The molecule has 0 bridgehead atoms. The monoisotopic (exact) mass is 310 g/mol. The van der Waals surface area contributed by atoms with Crippen LogP contribution in [0.2, 0.25) is 0 Å². The van der Waals surface area contributed by atoms with Crippen molar-refractivity contribution in [2.75, 3.05) is 11.5 Å². The lowest BCUT2D eigenvalue weighted by Gasteiger charge is -2.31. The quantitative estimate of drug-likeness (QED) is 0.762. The van der Waals surface area contributed by atoms with Gasteiger partial charge in [-0.05, 0) is 48.6 Å². The summed E-state index contributed by atoms with van der Waals surface area (Å²) in [5.74, 6) is 4.29. The van der Waals surface area contributed by atoms with Gasteiger partial charge in [-0.2, -0.15) is 11.8 Å². The number of hydrogen-bond acceptors (Lipinski definition) is 2. The molecule has 1 aromatic carbocycles. The van der Waals surface area contributed by atoms with E-state index in [2.05, 4.69) is 52.0 Å². The lowest BCUT2D eigenvalue weighted by atomic mass is 9.93. The van der Waals surface area contributed by atoms with Crippen molar-refractivity contribution in [3.8, 4) is 5.75 Å². The van der Waals surface area contributed by atoms with Crippen molar-refractivity contribution in [3.05, 3.63) is 34.3 Å². The standard InChI is InChI=1S/C14H15BrOS/c15-12-2-4-14-11(9-12)1-3-13(16-14)10-5-7-17-8-6-10/h1-4,9-10,13H,5-8H2. The van der Waals surface area contributed by atoms with Crippen molar-refractivity contribution in [1.82, 2.24) is 0 Å². The van der Waals surface area contributed by atoms with Crippen LogP contribution in [-0.4, -0.2) is 17.6 Å². The number of ether oxygens (including phenoxy) is 1. The summed E-state index contributed by atoms with van der Waals surface area (Å²) in [7, 11) is 0. The van der Waals surface area contributed by atoms with Gasteiger partial charge in [0, 0.05) is 16.0 Å². The molecule has 1 nitrogen and oxygen atoms in total. The van der Waals surface area contributed by atoms with Crippen LogP contribution in [-0.2, 0) is 0 Å². The molecule has 0 saturated carbocycles. The zero-order chi connectivity index (χ0) is 11.7. The SMILES string of the molecule is Brc1ccc2c(c1)C=CC(C1CCSCC1)O2. The van der Waals surface area contributed by atoms with Crippen molar-refractivity contribution < 1.29 is 4.74 Å². The summed E-state index contributed by atoms with van der Waals surface area (Å²) < 4.78 is 7.22. The molecular formula is C14H15BrOS. The number of halogens is 1. The Kier molecular flexibility index (Phi) is 3.48. The van der Waals surface area contributed by atoms with Crippen molar-refractivity contribution in [1.29, 1.82) is 0 Å². The fourth-order valence-corrected chi connectivity index (χ4v) is 3.96. The van der Waals surface area contributed by atoms with Crippen LogP contribution in [0, 0.1) is 5.92 Å². The summed E-state index contributed by atoms with van der Waals surface area (Å²) in [5, 5.41) is 0. The van der Waals surface area contributed by atoms with Gasteiger partial charge >= 0.3 is 0 Å². The van der Waals surface area contributed by atoms with Gasteiger partial charge in [-0.25, -0.2) is 0 Å². The number of benzene rings is 1. The van der Waals surface area contributed by atoms with Crippen LogP contribution in [0.3, 0.4) is 0 Å². The van der Waals surface area contributed by atoms with Crippen LogP contribution >= 0.6 is 27.7 Å². The molecule has 1 atom stereocenters. The minimum Gasteiger partial charge on any atom is -0.485 e. The Labute approximate surface area is 115 Å². The van der Waals surface area contributed by atoms with E-state index < -0.39 is 0 Å². The highest BCUT2D eigenvalue weighted by Gasteiger charge is 2.25. The number of thioether (sulfide) groups is 1. The molecule has 0 spiro atoms. The van der Waals surface area contributed by atoms with E-state index in [4.69, 9.17) is 4.74 Å². The predicted molar refractivity (Wildman–Crippen MR) is 77.6 cm³/mol. The van der Waals surface area contributed by atoms with Crippen molar-refractivity contribution in [2.24, 2.45) is 5.92 Å². The van der Waals surface area contributed by atoms with Crippen LogP contribution < -0.4 is 4.74 Å². The summed E-state index contributed by atoms with van der Waals surface area (Å²) >= 11 is 5.55. The molecule has 1 aromatic rings. The Bertz CT molecular complexity index is 438. The smallest absolute Gasteiger partial charge is 0.127 e. The highest BCUT2D eigenvalue weighted by molar-refractivity contribution is 9.10. The molecule has 3 heteroatoms. The van der Waals surface area contributed by atoms with E-state index in [1.807, 2.05) is 6.07 Å². The Morgan fingerprint density at radius 1 is 1.24 bits per heavy atom. The first-order chi connectivity index (χ1) is 8.33. The average molecular weight is 311 g/mol. The Hall–Kier alpha value is -0.410. The first-order valence-corrected chi connectivity index (χ1v) is 8.00. The van der Waals surface area contributed by atoms with Gasteiger partial charge in [-0.15, -0.1) is 0 Å². The zero-order valence-corrected chi connectivity index (χ0v) is 12.0. The maximum absolute atomic E-state index is 6.11. The van der Waals surface area contributed by atoms with Gasteiger partial charge in [0.2, 0.25) is 0 Å². The summed E-state index contributed by atoms with van der Waals surface area (Å²) in [5.41, 5.74) is 1.18. The second-order valence-corrected chi connectivity index (χ2v) is 6.71. The Morgan fingerprint density at radius 2 is 2.06 bits per heavy atom. The largest absolute Gasteiger partial charge is 0.485 e. The van der Waals surface area contributed by atoms with Gasteiger partial charge in [-0.3, -0.25) is 0 Å². The van der Waals surface area contributed by atoms with E-state index in [9.17, 15) is 0 Å². The van der Waals surface area contributed by atoms with Gasteiger partial charge in [0.1, 0.15) is 11.9 Å². The van der Waals surface area contributed by atoms with Gasteiger partial charge in [0.15, 0.2) is 0 Å². The molecule has 0 radical (unpaired) electrons. The van der Waals surface area contributed by atoms with Crippen molar-refractivity contribution in [2.45, 2.75) is 18.9 Å². The highest BCUT2D eigenvalue weighted by Crippen LogP contribution is 2.34. The fourth-order valence-electron chi connectivity index (χ4n) is 2.44. The van der Waals surface area contributed by atoms with Crippen LogP contribution in [0.15, 0.2) is 28.7 Å². The van der Waals surface area contributed by atoms with Crippen LogP contribution in [0.25, 0.3) is 6.08 Å². The minimum absolute atomic E-state index is 0.282. The topological polar surface area (TPSA) is 9.23 Å². The van der Waals surface area contributed by atoms with Crippen LogP contribution in [0.4, 0.5) is 0 Å². The normalized spacial score (nSPS) is 24.2. The van der Waals surface area contributed by atoms with Gasteiger partial charge in [0.05, 0.1) is 0 Å². The predicted octanol–water partition coefficient (Wildman–Crippen LogP) is 4.37. The van der Waals surface area contributed by atoms with E-state index in [1.165, 1.54) is 29.9 Å². The summed E-state index contributed by atoms with van der Waals surface area (Å²) in [4.78, 5) is 0. The fraction of sp³-hybridized carbons (Fsp3) is 0.429. The molecule has 1 saturated heterocycles. The Balaban J connectivity index is 1.78. The second kappa shape index (κ2) is 5.07. The van der Waals surface area contributed by atoms with Crippen LogP contribution in [0.1, 0.15) is 18.4 Å². The highest BCUT2D eigenvalue weighted by atomic mass is 79.9. The van der Waals surface area contributed by atoms with E-state index in [1.54, 1.807) is 0 Å². The molecule has 0 aromatic heterocycles. The van der Waals surface area contributed by atoms with E-state index in [-0.39, 0.29) is 6.10 Å². The maximum Gasteiger partial charge on any atom is 0.127 e. The third kappa shape index (κ3) is 2.55. The van der Waals surface area contributed by atoms with Crippen LogP contribution in [0.5, 0.6) is 5.75 Å². The molecular weight excluding hydrogens is 296 g/mol. The third-order valence-electron chi connectivity index (χ3n) is 3.43. The third-order valence-corrected chi connectivity index (χ3v) is 4.97. The number of hydrogen-bond donors (Lipinski definition) is 0. The molecule has 0 amide bonds. The molecule has 0 aliphatic carbocycles. The van der Waals surface area contributed by atoms with Crippen molar-refractivity contribution in [3.63, 3.8) is 0 Å². The lowest BCUT2D eigenvalue weighted by molar-refractivity contribution is 0.168. The molecule has 1 unspecified atom stereocenters. The molecule has 90 valence electrons. The minimum atomic E-state index is 0.282. The maximum atomic E-state index is 6.11. The van der Waals surface area contributed by atoms with E-state index in [0.29, 0.717) is 5.92 Å². The average Bonchev–Trinajstić information content (AvgIpc) is 2.39. The van der Waals surface area contributed by atoms with Crippen molar-refractivity contribution >= 4 is 33.8 Å². The molecule has 2 aliphatic heterocycles. The summed E-state index contributed by atoms with van der Waals surface area (Å²) in [6.07, 6.45) is 7.28. The Morgan fingerprint density at radius 3 is 2.88 bits per heavy atom. The molecule has 2 aliphatic rings. The molecule has 0 N–H and O–H groups in total. The summed E-state index contributed by atoms with van der Waals surface area (Å²) in [6.45, 7) is 0. The number of fused-ring (bicyclic) bond motifs is 1. The van der Waals surface area contributed by atoms with E-state index in [0.717, 1.165) is 10.2 Å². The molecule has 2 heterocycles. The second-order valence-electron chi connectivity index (χ2n) is 4.57. The molecule has 17 heavy (non-hydrogen) atoms. The first kappa shape index (κ1) is 11.7. The van der Waals surface area contributed by atoms with E-state index >= 15 is 0 Å². The van der Waals surface area contributed by atoms with Gasteiger partial charge < -0.3 is 4.74 Å².